The van der Waals surface area contributed by atoms with Gasteiger partial charge in [0, 0.05) is 17.1 Å². The number of nitrogens with one attached hydrogen (secondary N) is 1. The van der Waals surface area contributed by atoms with Gasteiger partial charge < -0.3 is 5.32 Å². The summed E-state index contributed by atoms with van der Waals surface area (Å²) in [5.74, 6) is 0. The van der Waals surface area contributed by atoms with Gasteiger partial charge in [0.05, 0.1) is 0 Å². The quantitative estimate of drug-likeness (QED) is 0.831. The Morgan fingerprint density at radius 2 is 1.81 bits per heavy atom. The van der Waals surface area contributed by atoms with E-state index in [1.165, 1.54) is 27.3 Å². The fourth-order valence-corrected chi connectivity index (χ4v) is 2.46. The van der Waals surface area contributed by atoms with E-state index >= 15 is 0 Å². The fraction of sp³-hybridized carbons (Fsp3) is 0.286. The molecule has 0 bridgehead atoms. The molecule has 0 aliphatic rings. The Morgan fingerprint density at radius 1 is 1.00 bits per heavy atom. The standard InChI is InChI=1S/C14H17NS/c1-10-4-5-13(8-12(10)3)15-9-14-11(2)6-7-16-14/h4-8,15H,9H2,1-3H3. The minimum atomic E-state index is 0.923. The van der Waals surface area contributed by atoms with Gasteiger partial charge in [-0.05, 0) is 61.0 Å². The molecule has 1 aromatic heterocycles. The average molecular weight is 231 g/mol. The first-order valence-corrected chi connectivity index (χ1v) is 6.39. The number of hydrogen-bond acceptors (Lipinski definition) is 2. The van der Waals surface area contributed by atoms with Crippen molar-refractivity contribution in [3.63, 3.8) is 0 Å². The first kappa shape index (κ1) is 11.2. The van der Waals surface area contributed by atoms with Gasteiger partial charge in [-0.2, -0.15) is 0 Å². The summed E-state index contributed by atoms with van der Waals surface area (Å²) in [6.07, 6.45) is 0. The highest BCUT2D eigenvalue weighted by molar-refractivity contribution is 7.10. The molecule has 0 radical (unpaired) electrons. The van der Waals surface area contributed by atoms with Crippen LogP contribution in [-0.4, -0.2) is 0 Å². The Morgan fingerprint density at radius 3 is 2.44 bits per heavy atom. The zero-order valence-electron chi connectivity index (χ0n) is 10.0. The lowest BCUT2D eigenvalue weighted by Crippen LogP contribution is -1.99. The molecule has 2 aromatic rings. The van der Waals surface area contributed by atoms with Crippen LogP contribution in [0.2, 0.25) is 0 Å². The summed E-state index contributed by atoms with van der Waals surface area (Å²) in [4.78, 5) is 1.42. The molecule has 16 heavy (non-hydrogen) atoms. The predicted octanol–water partition coefficient (Wildman–Crippen LogP) is 4.29. The van der Waals surface area contributed by atoms with Crippen LogP contribution < -0.4 is 5.32 Å². The molecular weight excluding hydrogens is 214 g/mol. The lowest BCUT2D eigenvalue weighted by molar-refractivity contribution is 1.16. The molecule has 2 heteroatoms. The monoisotopic (exact) mass is 231 g/mol. The second-order valence-electron chi connectivity index (χ2n) is 4.18. The Bertz CT molecular complexity index is 485. The minimum absolute atomic E-state index is 0.923. The summed E-state index contributed by atoms with van der Waals surface area (Å²) >= 11 is 1.81. The highest BCUT2D eigenvalue weighted by Gasteiger charge is 2.00. The molecule has 84 valence electrons. The van der Waals surface area contributed by atoms with Gasteiger partial charge in [-0.1, -0.05) is 6.07 Å². The van der Waals surface area contributed by atoms with Crippen molar-refractivity contribution in [2.45, 2.75) is 27.3 Å². The van der Waals surface area contributed by atoms with Crippen LogP contribution in [0.1, 0.15) is 21.6 Å². The first-order valence-electron chi connectivity index (χ1n) is 5.51. The summed E-state index contributed by atoms with van der Waals surface area (Å²) in [6, 6.07) is 8.69. The van der Waals surface area contributed by atoms with Gasteiger partial charge >= 0.3 is 0 Å². The molecule has 0 saturated carbocycles. The van der Waals surface area contributed by atoms with Crippen LogP contribution in [-0.2, 0) is 6.54 Å². The van der Waals surface area contributed by atoms with Crippen molar-refractivity contribution in [2.75, 3.05) is 5.32 Å². The normalized spacial score (nSPS) is 10.4. The SMILES string of the molecule is Cc1ccc(NCc2sccc2C)cc1C. The van der Waals surface area contributed by atoms with Gasteiger partial charge in [0.2, 0.25) is 0 Å². The molecule has 1 aromatic carbocycles. The van der Waals surface area contributed by atoms with E-state index in [2.05, 4.69) is 55.7 Å². The largest absolute Gasteiger partial charge is 0.380 e. The van der Waals surface area contributed by atoms with Crippen LogP contribution in [0, 0.1) is 20.8 Å². The van der Waals surface area contributed by atoms with Gasteiger partial charge in [-0.3, -0.25) is 0 Å². The second-order valence-corrected chi connectivity index (χ2v) is 5.18. The van der Waals surface area contributed by atoms with E-state index in [-0.39, 0.29) is 0 Å². The van der Waals surface area contributed by atoms with E-state index < -0.39 is 0 Å². The third-order valence-corrected chi connectivity index (χ3v) is 3.95. The third kappa shape index (κ3) is 2.45. The van der Waals surface area contributed by atoms with Crippen LogP contribution in [0.15, 0.2) is 29.6 Å². The number of aryl methyl sites for hydroxylation is 3. The zero-order valence-corrected chi connectivity index (χ0v) is 10.8. The Hall–Kier alpha value is -1.28. The highest BCUT2D eigenvalue weighted by atomic mass is 32.1. The van der Waals surface area contributed by atoms with E-state index in [0.717, 1.165) is 6.54 Å². The molecule has 2 rings (SSSR count). The lowest BCUT2D eigenvalue weighted by Gasteiger charge is -2.08. The molecule has 1 heterocycles. The molecular formula is C14H17NS. The number of rotatable bonds is 3. The first-order chi connectivity index (χ1) is 7.66. The van der Waals surface area contributed by atoms with Gasteiger partial charge in [-0.25, -0.2) is 0 Å². The average Bonchev–Trinajstić information content (AvgIpc) is 2.66. The van der Waals surface area contributed by atoms with Crippen molar-refractivity contribution in [2.24, 2.45) is 0 Å². The Labute approximate surface area is 101 Å². The fourth-order valence-electron chi connectivity index (χ4n) is 1.62. The smallest absolute Gasteiger partial charge is 0.0496 e. The maximum atomic E-state index is 3.47. The van der Waals surface area contributed by atoms with Crippen LogP contribution in [0.25, 0.3) is 0 Å². The van der Waals surface area contributed by atoms with E-state index in [9.17, 15) is 0 Å². The van der Waals surface area contributed by atoms with Crippen LogP contribution >= 0.6 is 11.3 Å². The third-order valence-electron chi connectivity index (χ3n) is 2.93. The van der Waals surface area contributed by atoms with Crippen molar-refractivity contribution in [3.8, 4) is 0 Å². The molecule has 0 spiro atoms. The van der Waals surface area contributed by atoms with Crippen molar-refractivity contribution in [3.05, 3.63) is 51.2 Å². The maximum Gasteiger partial charge on any atom is 0.0496 e. The molecule has 0 amide bonds. The van der Waals surface area contributed by atoms with Gasteiger partial charge in [-0.15, -0.1) is 11.3 Å². The Kier molecular flexibility index (Phi) is 3.30. The van der Waals surface area contributed by atoms with Crippen LogP contribution in [0.5, 0.6) is 0 Å². The number of thiophene rings is 1. The van der Waals surface area contributed by atoms with Crippen molar-refractivity contribution < 1.29 is 0 Å². The number of hydrogen-bond donors (Lipinski definition) is 1. The molecule has 1 N–H and O–H groups in total. The van der Waals surface area contributed by atoms with E-state index in [0.29, 0.717) is 0 Å². The highest BCUT2D eigenvalue weighted by Crippen LogP contribution is 2.19. The molecule has 0 saturated heterocycles. The zero-order chi connectivity index (χ0) is 11.5. The minimum Gasteiger partial charge on any atom is -0.380 e. The number of benzene rings is 1. The van der Waals surface area contributed by atoms with Crippen molar-refractivity contribution >= 4 is 17.0 Å². The van der Waals surface area contributed by atoms with Crippen molar-refractivity contribution in [1.29, 1.82) is 0 Å². The molecule has 0 unspecified atom stereocenters. The van der Waals surface area contributed by atoms with Crippen molar-refractivity contribution in [1.82, 2.24) is 0 Å². The van der Waals surface area contributed by atoms with Gasteiger partial charge in [0.1, 0.15) is 0 Å². The summed E-state index contributed by atoms with van der Waals surface area (Å²) < 4.78 is 0. The summed E-state index contributed by atoms with van der Waals surface area (Å²) in [7, 11) is 0. The second kappa shape index (κ2) is 4.71. The topological polar surface area (TPSA) is 12.0 Å². The molecule has 0 aliphatic heterocycles. The summed E-state index contributed by atoms with van der Waals surface area (Å²) in [5, 5.41) is 5.61. The molecule has 1 nitrogen and oxygen atoms in total. The van der Waals surface area contributed by atoms with Crippen LogP contribution in [0.3, 0.4) is 0 Å². The predicted molar refractivity (Wildman–Crippen MR) is 72.3 cm³/mol. The Balaban J connectivity index is 2.05. The van der Waals surface area contributed by atoms with E-state index in [4.69, 9.17) is 0 Å². The maximum absolute atomic E-state index is 3.47. The lowest BCUT2D eigenvalue weighted by atomic mass is 10.1. The van der Waals surface area contributed by atoms with E-state index in [1.807, 2.05) is 11.3 Å². The summed E-state index contributed by atoms with van der Waals surface area (Å²) in [6.45, 7) is 7.37. The molecule has 0 aliphatic carbocycles. The molecule has 0 atom stereocenters. The van der Waals surface area contributed by atoms with Crippen LogP contribution in [0.4, 0.5) is 5.69 Å². The summed E-state index contributed by atoms with van der Waals surface area (Å²) in [5.41, 5.74) is 5.27. The molecule has 0 fully saturated rings. The van der Waals surface area contributed by atoms with Gasteiger partial charge in [0.15, 0.2) is 0 Å². The van der Waals surface area contributed by atoms with E-state index in [1.54, 1.807) is 0 Å². The number of anilines is 1. The van der Waals surface area contributed by atoms with Gasteiger partial charge in [0.25, 0.3) is 0 Å².